The van der Waals surface area contributed by atoms with Crippen LogP contribution in [-0.4, -0.2) is 61.2 Å². The number of ether oxygens (including phenoxy) is 2. The van der Waals surface area contributed by atoms with E-state index in [1.54, 1.807) is 30.3 Å². The lowest BCUT2D eigenvalue weighted by molar-refractivity contribution is -0.276. The number of likely N-dealkylation sites (N-methyl/N-ethyl adjacent to an activating group) is 1. The molecule has 6 rings (SSSR count). The second kappa shape index (κ2) is 18.5. The third-order valence-electron chi connectivity index (χ3n) is 10.5. The van der Waals surface area contributed by atoms with Crippen LogP contribution in [0.15, 0.2) is 138 Å². The van der Waals surface area contributed by atoms with Crippen LogP contribution >= 0.6 is 0 Å². The summed E-state index contributed by atoms with van der Waals surface area (Å²) < 4.78 is 43.0. The van der Waals surface area contributed by atoms with Crippen LogP contribution < -0.4 is 10.0 Å². The van der Waals surface area contributed by atoms with Gasteiger partial charge >= 0.3 is 0 Å². The highest BCUT2D eigenvalue weighted by Gasteiger charge is 2.40. The van der Waals surface area contributed by atoms with Crippen LogP contribution in [0.2, 0.25) is 0 Å². The molecule has 1 aliphatic rings. The molecule has 1 aliphatic heterocycles. The van der Waals surface area contributed by atoms with Gasteiger partial charge in [-0.25, -0.2) is 8.42 Å². The Kier molecular flexibility index (Phi) is 13.5. The minimum atomic E-state index is -4.03. The monoisotopic (exact) mass is 777 g/mol. The molecular formula is C45H51N3O7S. The second-order valence-electron chi connectivity index (χ2n) is 14.6. The number of nitrogens with one attached hydrogen (secondary N) is 2. The van der Waals surface area contributed by atoms with Gasteiger partial charge in [-0.15, -0.1) is 0 Å². The molecule has 7 atom stereocenters. The van der Waals surface area contributed by atoms with Crippen molar-refractivity contribution < 1.29 is 32.9 Å². The molecule has 0 aliphatic carbocycles. The molecule has 5 aromatic carbocycles. The fourth-order valence-corrected chi connectivity index (χ4v) is 8.15. The zero-order chi connectivity index (χ0) is 39.8. The largest absolute Gasteiger partial charge is 0.392 e. The van der Waals surface area contributed by atoms with E-state index in [4.69, 9.17) is 9.47 Å². The summed E-state index contributed by atoms with van der Waals surface area (Å²) in [5.74, 6) is -0.619. The summed E-state index contributed by atoms with van der Waals surface area (Å²) in [6.45, 7) is 6.37. The zero-order valence-corrected chi connectivity index (χ0v) is 33.0. The van der Waals surface area contributed by atoms with E-state index in [0.717, 1.165) is 27.8 Å². The number of rotatable bonds is 15. The van der Waals surface area contributed by atoms with E-state index < -0.39 is 34.4 Å². The van der Waals surface area contributed by atoms with Gasteiger partial charge in [-0.05, 0) is 73.8 Å². The van der Waals surface area contributed by atoms with Crippen molar-refractivity contribution in [2.75, 3.05) is 18.9 Å². The fraction of sp³-hybridized carbons (Fsp3) is 0.311. The van der Waals surface area contributed by atoms with Crippen LogP contribution in [0.5, 0.6) is 0 Å². The van der Waals surface area contributed by atoms with Crippen LogP contribution in [0.4, 0.5) is 5.69 Å². The number of anilines is 1. The molecule has 0 radical (unpaired) electrons. The molecule has 0 spiro atoms. The average Bonchev–Trinajstić information content (AvgIpc) is 3.21. The van der Waals surface area contributed by atoms with Gasteiger partial charge in [0.15, 0.2) is 6.29 Å². The lowest BCUT2D eigenvalue weighted by Crippen LogP contribution is -2.46. The average molecular weight is 778 g/mol. The number of hydrogen-bond acceptors (Lipinski definition) is 8. The maximum Gasteiger partial charge on any atom is 0.242 e. The van der Waals surface area contributed by atoms with Crippen molar-refractivity contribution in [2.24, 2.45) is 5.92 Å². The summed E-state index contributed by atoms with van der Waals surface area (Å²) in [6.07, 6.45) is -2.09. The van der Waals surface area contributed by atoms with E-state index >= 15 is 0 Å². The molecule has 56 heavy (non-hydrogen) atoms. The van der Waals surface area contributed by atoms with Gasteiger partial charge in [0.2, 0.25) is 15.9 Å². The number of benzene rings is 5. The molecule has 1 saturated heterocycles. The van der Waals surface area contributed by atoms with Gasteiger partial charge in [0.05, 0.1) is 29.8 Å². The lowest BCUT2D eigenvalue weighted by atomic mass is 9.89. The van der Waals surface area contributed by atoms with E-state index in [1.165, 1.54) is 12.1 Å². The summed E-state index contributed by atoms with van der Waals surface area (Å²) in [6, 6.07) is 38.8. The normalized spacial score (nSPS) is 20.3. The van der Waals surface area contributed by atoms with Gasteiger partial charge in [0.25, 0.3) is 0 Å². The molecule has 0 saturated carbocycles. The molecule has 1 amide bonds. The number of aliphatic hydroxyl groups is 2. The van der Waals surface area contributed by atoms with E-state index in [1.807, 2.05) is 112 Å². The van der Waals surface area contributed by atoms with E-state index in [-0.39, 0.29) is 42.1 Å². The van der Waals surface area contributed by atoms with Gasteiger partial charge in [-0.2, -0.15) is 4.72 Å². The number of nitrogens with zero attached hydrogens (tertiary/aromatic N) is 1. The Labute approximate surface area is 330 Å². The predicted molar refractivity (Wildman–Crippen MR) is 217 cm³/mol. The van der Waals surface area contributed by atoms with Crippen LogP contribution in [0.3, 0.4) is 0 Å². The number of hydrogen-bond donors (Lipinski definition) is 4. The number of carbonyl (C=O) groups is 1. The number of sulfonamides is 1. The Hall–Kier alpha value is -4.72. The van der Waals surface area contributed by atoms with Gasteiger partial charge in [0, 0.05) is 29.8 Å². The van der Waals surface area contributed by atoms with Crippen LogP contribution in [-0.2, 0) is 37.3 Å². The quantitative estimate of drug-likeness (QED) is 0.0906. The SMILES string of the molecule is Cc1ccc(S(=O)(=O)N[C@H](Cc2ccccc2)C(=O)Nc2cccc(C3O[C@H](CN(C)[C@@H](C)[C@H](O)c4ccccc4)[C@H](C)[C@H](c4ccc(CO)cc4)O3)c2)cc1. The first-order chi connectivity index (χ1) is 26.9. The Morgan fingerprint density at radius 2 is 1.48 bits per heavy atom. The molecule has 1 fully saturated rings. The first-order valence-electron chi connectivity index (χ1n) is 18.9. The molecule has 11 heteroatoms. The van der Waals surface area contributed by atoms with Crippen molar-refractivity contribution in [3.63, 3.8) is 0 Å². The summed E-state index contributed by atoms with van der Waals surface area (Å²) in [7, 11) is -2.06. The lowest BCUT2D eigenvalue weighted by Gasteiger charge is -2.43. The van der Waals surface area contributed by atoms with E-state index in [9.17, 15) is 23.4 Å². The molecule has 4 N–H and O–H groups in total. The van der Waals surface area contributed by atoms with Gasteiger partial charge in [0.1, 0.15) is 6.04 Å². The molecule has 1 heterocycles. The number of carbonyl (C=O) groups excluding carboxylic acids is 1. The van der Waals surface area contributed by atoms with Gasteiger partial charge in [-0.3, -0.25) is 9.69 Å². The topological polar surface area (TPSA) is 137 Å². The minimum absolute atomic E-state index is 0.0692. The Balaban J connectivity index is 1.24. The molecule has 0 bridgehead atoms. The number of amides is 1. The van der Waals surface area contributed by atoms with Crippen molar-refractivity contribution >= 4 is 21.6 Å². The molecule has 10 nitrogen and oxygen atoms in total. The van der Waals surface area contributed by atoms with Gasteiger partial charge in [-0.1, -0.05) is 122 Å². The van der Waals surface area contributed by atoms with E-state index in [0.29, 0.717) is 17.8 Å². The molecule has 1 unspecified atom stereocenters. The van der Waals surface area contributed by atoms with Crippen LogP contribution in [0.1, 0.15) is 65.7 Å². The Bertz CT molecular complexity index is 2130. The van der Waals surface area contributed by atoms with Crippen molar-refractivity contribution in [2.45, 2.75) is 75.4 Å². The molecule has 0 aromatic heterocycles. The second-order valence-corrected chi connectivity index (χ2v) is 16.4. The van der Waals surface area contributed by atoms with Crippen LogP contribution in [0.25, 0.3) is 0 Å². The van der Waals surface area contributed by atoms with Crippen molar-refractivity contribution in [3.05, 3.63) is 167 Å². The molecular weight excluding hydrogens is 727 g/mol. The van der Waals surface area contributed by atoms with E-state index in [2.05, 4.69) is 21.9 Å². The number of aryl methyl sites for hydroxylation is 1. The highest BCUT2D eigenvalue weighted by molar-refractivity contribution is 7.89. The summed E-state index contributed by atoms with van der Waals surface area (Å²) in [5, 5.41) is 23.8. The predicted octanol–water partition coefficient (Wildman–Crippen LogP) is 6.86. The fourth-order valence-electron chi connectivity index (χ4n) is 6.95. The van der Waals surface area contributed by atoms with Crippen molar-refractivity contribution in [3.8, 4) is 0 Å². The highest BCUT2D eigenvalue weighted by Crippen LogP contribution is 2.42. The Morgan fingerprint density at radius 3 is 2.14 bits per heavy atom. The smallest absolute Gasteiger partial charge is 0.242 e. The summed E-state index contributed by atoms with van der Waals surface area (Å²) in [5.41, 5.74) is 5.39. The van der Waals surface area contributed by atoms with Crippen molar-refractivity contribution in [1.82, 2.24) is 9.62 Å². The maximum atomic E-state index is 14.0. The first-order valence-corrected chi connectivity index (χ1v) is 20.4. The highest BCUT2D eigenvalue weighted by atomic mass is 32.2. The summed E-state index contributed by atoms with van der Waals surface area (Å²) in [4.78, 5) is 16.1. The Morgan fingerprint density at radius 1 is 0.821 bits per heavy atom. The first kappa shape index (κ1) is 40.9. The minimum Gasteiger partial charge on any atom is -0.392 e. The standard InChI is InChI=1S/C45H51N3O7S/c1-30-18-24-39(25-19-30)56(52,53)47-40(26-33-12-7-5-8-13-33)44(51)46-38-17-11-16-37(27-38)45-54-41(28-48(4)32(3)42(50)35-14-9-6-10-15-35)31(2)43(55-45)36-22-20-34(29-49)21-23-36/h5-25,27,31-32,40-43,45,47,49-50H,26,28-29H2,1-4H3,(H,46,51)/t31-,32-,40+,41+,42-,43+,45?/m0/s1. The zero-order valence-electron chi connectivity index (χ0n) is 32.2. The number of aliphatic hydroxyl groups excluding tert-OH is 2. The molecule has 294 valence electrons. The van der Waals surface area contributed by atoms with Gasteiger partial charge < -0.3 is 25.0 Å². The summed E-state index contributed by atoms with van der Waals surface area (Å²) >= 11 is 0. The maximum absolute atomic E-state index is 14.0. The third kappa shape index (κ3) is 10.2. The van der Waals surface area contributed by atoms with Crippen LogP contribution in [0, 0.1) is 12.8 Å². The molecule has 5 aromatic rings. The third-order valence-corrected chi connectivity index (χ3v) is 12.0. The van der Waals surface area contributed by atoms with Crippen molar-refractivity contribution in [1.29, 1.82) is 0 Å².